The lowest BCUT2D eigenvalue weighted by molar-refractivity contribution is -0.136. The van der Waals surface area contributed by atoms with E-state index in [-0.39, 0.29) is 18.0 Å². The van der Waals surface area contributed by atoms with Gasteiger partial charge in [-0.3, -0.25) is 9.63 Å². The maximum atomic E-state index is 12.1. The molecular weight excluding hydrogens is 278 g/mol. The first-order valence-corrected chi connectivity index (χ1v) is 7.34. The van der Waals surface area contributed by atoms with Gasteiger partial charge in [0.15, 0.2) is 0 Å². The lowest BCUT2D eigenvalue weighted by Gasteiger charge is -2.10. The number of nitrogens with one attached hydrogen (secondary N) is 3. The highest BCUT2D eigenvalue weighted by Gasteiger charge is 2.30. The van der Waals surface area contributed by atoms with Crippen LogP contribution >= 0.6 is 0 Å². The Kier molecular flexibility index (Phi) is 4.80. The molecule has 2 aromatic rings. The smallest absolute Gasteiger partial charge is 0.262 e. The van der Waals surface area contributed by atoms with Crippen LogP contribution in [0.4, 0.5) is 0 Å². The van der Waals surface area contributed by atoms with Crippen molar-refractivity contribution in [1.29, 1.82) is 0 Å². The van der Waals surface area contributed by atoms with Gasteiger partial charge in [0, 0.05) is 6.04 Å². The average molecular weight is 297 g/mol. The van der Waals surface area contributed by atoms with E-state index in [1.54, 1.807) is 0 Å². The van der Waals surface area contributed by atoms with Gasteiger partial charge >= 0.3 is 0 Å². The molecule has 0 saturated carbocycles. The van der Waals surface area contributed by atoms with Crippen molar-refractivity contribution >= 4 is 5.91 Å². The number of hydrogen-bond acceptors (Lipinski definition) is 4. The third-order valence-corrected chi connectivity index (χ3v) is 3.68. The molecule has 5 nitrogen and oxygen atoms in total. The van der Waals surface area contributed by atoms with E-state index in [0.717, 1.165) is 11.1 Å². The summed E-state index contributed by atoms with van der Waals surface area (Å²) in [6.07, 6.45) is 0.685. The molecule has 1 heterocycles. The quantitative estimate of drug-likeness (QED) is 0.737. The van der Waals surface area contributed by atoms with E-state index in [9.17, 15) is 4.79 Å². The van der Waals surface area contributed by atoms with Crippen LogP contribution in [0.3, 0.4) is 0 Å². The van der Waals surface area contributed by atoms with E-state index in [1.807, 2.05) is 60.7 Å². The van der Waals surface area contributed by atoms with Gasteiger partial charge in [-0.05, 0) is 17.5 Å². The summed E-state index contributed by atoms with van der Waals surface area (Å²) >= 11 is 0. The summed E-state index contributed by atoms with van der Waals surface area (Å²) < 4.78 is 0. The minimum Gasteiger partial charge on any atom is -0.271 e. The van der Waals surface area contributed by atoms with Crippen LogP contribution in [-0.4, -0.2) is 11.9 Å². The first-order chi connectivity index (χ1) is 10.8. The zero-order chi connectivity index (χ0) is 15.2. The van der Waals surface area contributed by atoms with Crippen LogP contribution in [0, 0.1) is 0 Å². The van der Waals surface area contributed by atoms with Crippen molar-refractivity contribution < 1.29 is 9.63 Å². The third kappa shape index (κ3) is 3.71. The monoisotopic (exact) mass is 297 g/mol. The van der Waals surface area contributed by atoms with Gasteiger partial charge in [0.25, 0.3) is 5.91 Å². The van der Waals surface area contributed by atoms with Crippen LogP contribution in [-0.2, 0) is 16.2 Å². The first-order valence-electron chi connectivity index (χ1n) is 7.34. The number of amides is 1. The Morgan fingerprint density at radius 2 is 1.73 bits per heavy atom. The van der Waals surface area contributed by atoms with Gasteiger partial charge < -0.3 is 0 Å². The highest BCUT2D eigenvalue weighted by atomic mass is 16.6. The SMILES string of the molecule is O=C(NOCc1ccccc1)C1CC(c2ccccc2)NN1. The zero-order valence-corrected chi connectivity index (χ0v) is 12.2. The largest absolute Gasteiger partial charge is 0.271 e. The van der Waals surface area contributed by atoms with Crippen molar-refractivity contribution in [2.75, 3.05) is 0 Å². The summed E-state index contributed by atoms with van der Waals surface area (Å²) in [5, 5.41) is 0. The molecule has 0 bridgehead atoms. The normalized spacial score (nSPS) is 20.7. The molecule has 3 N–H and O–H groups in total. The van der Waals surface area contributed by atoms with E-state index in [1.165, 1.54) is 0 Å². The fourth-order valence-corrected chi connectivity index (χ4v) is 2.47. The standard InChI is InChI=1S/C17H19N3O2/c21-17(20-22-12-13-7-3-1-4-8-13)16-11-15(18-19-16)14-9-5-2-6-10-14/h1-10,15-16,18-19H,11-12H2,(H,20,21). The number of hydrogen-bond donors (Lipinski definition) is 3. The van der Waals surface area contributed by atoms with Crippen molar-refractivity contribution in [1.82, 2.24) is 16.3 Å². The van der Waals surface area contributed by atoms with E-state index in [2.05, 4.69) is 16.3 Å². The van der Waals surface area contributed by atoms with Crippen LogP contribution in [0.25, 0.3) is 0 Å². The lowest BCUT2D eigenvalue weighted by atomic mass is 10.0. The number of carbonyl (C=O) groups excluding carboxylic acids is 1. The van der Waals surface area contributed by atoms with Crippen LogP contribution in [0.15, 0.2) is 60.7 Å². The van der Waals surface area contributed by atoms with Crippen molar-refractivity contribution in [3.05, 3.63) is 71.8 Å². The van der Waals surface area contributed by atoms with Crippen molar-refractivity contribution in [2.45, 2.75) is 25.1 Å². The van der Waals surface area contributed by atoms with Crippen molar-refractivity contribution in [2.24, 2.45) is 0 Å². The summed E-state index contributed by atoms with van der Waals surface area (Å²) in [6, 6.07) is 19.6. The Morgan fingerprint density at radius 1 is 1.05 bits per heavy atom. The second-order valence-electron chi connectivity index (χ2n) is 5.28. The van der Waals surface area contributed by atoms with Crippen LogP contribution in [0.1, 0.15) is 23.6 Å². The second kappa shape index (κ2) is 7.17. The predicted octanol–water partition coefficient (Wildman–Crippen LogP) is 1.84. The molecule has 1 amide bonds. The fraction of sp³-hybridized carbons (Fsp3) is 0.235. The highest BCUT2D eigenvalue weighted by molar-refractivity contribution is 5.81. The fourth-order valence-electron chi connectivity index (χ4n) is 2.47. The number of carbonyl (C=O) groups is 1. The highest BCUT2D eigenvalue weighted by Crippen LogP contribution is 2.21. The minimum atomic E-state index is -0.305. The van der Waals surface area contributed by atoms with E-state index in [4.69, 9.17) is 4.84 Å². The van der Waals surface area contributed by atoms with Gasteiger partial charge in [0.2, 0.25) is 0 Å². The van der Waals surface area contributed by atoms with Crippen molar-refractivity contribution in [3.8, 4) is 0 Å². The van der Waals surface area contributed by atoms with Crippen LogP contribution in [0.5, 0.6) is 0 Å². The van der Waals surface area contributed by atoms with Gasteiger partial charge in [0.05, 0.1) is 6.61 Å². The summed E-state index contributed by atoms with van der Waals surface area (Å²) in [7, 11) is 0. The Bertz CT molecular complexity index is 604. The molecule has 0 spiro atoms. The second-order valence-corrected chi connectivity index (χ2v) is 5.28. The number of hydroxylamine groups is 1. The lowest BCUT2D eigenvalue weighted by Crippen LogP contribution is -2.43. The molecule has 1 aliphatic rings. The van der Waals surface area contributed by atoms with E-state index >= 15 is 0 Å². The Labute approximate surface area is 129 Å². The molecule has 1 fully saturated rings. The molecule has 0 aromatic heterocycles. The molecule has 1 saturated heterocycles. The molecule has 2 aromatic carbocycles. The maximum absolute atomic E-state index is 12.1. The molecule has 114 valence electrons. The third-order valence-electron chi connectivity index (χ3n) is 3.68. The zero-order valence-electron chi connectivity index (χ0n) is 12.2. The summed E-state index contributed by atoms with van der Waals surface area (Å²) in [4.78, 5) is 17.3. The molecule has 2 atom stereocenters. The molecule has 1 aliphatic heterocycles. The Balaban J connectivity index is 1.46. The number of benzene rings is 2. The summed E-state index contributed by atoms with van der Waals surface area (Å²) in [5.74, 6) is -0.165. The number of hydrazine groups is 1. The molecule has 0 aliphatic carbocycles. The van der Waals surface area contributed by atoms with Gasteiger partial charge in [-0.1, -0.05) is 60.7 Å². The van der Waals surface area contributed by atoms with E-state index < -0.39 is 0 Å². The van der Waals surface area contributed by atoms with Gasteiger partial charge in [-0.15, -0.1) is 0 Å². The first kappa shape index (κ1) is 14.7. The Morgan fingerprint density at radius 3 is 2.45 bits per heavy atom. The van der Waals surface area contributed by atoms with Crippen LogP contribution in [0.2, 0.25) is 0 Å². The summed E-state index contributed by atoms with van der Waals surface area (Å²) in [5.41, 5.74) is 10.8. The molecule has 2 unspecified atom stereocenters. The molecule has 22 heavy (non-hydrogen) atoms. The molecule has 5 heteroatoms. The van der Waals surface area contributed by atoms with Crippen LogP contribution < -0.4 is 16.3 Å². The Hall–Kier alpha value is -2.21. The number of rotatable bonds is 5. The molecule has 0 radical (unpaired) electrons. The predicted molar refractivity (Wildman–Crippen MR) is 83.2 cm³/mol. The molecule has 3 rings (SSSR count). The van der Waals surface area contributed by atoms with Crippen molar-refractivity contribution in [3.63, 3.8) is 0 Å². The topological polar surface area (TPSA) is 62.4 Å². The minimum absolute atomic E-state index is 0.131. The summed E-state index contributed by atoms with van der Waals surface area (Å²) in [6.45, 7) is 0.356. The van der Waals surface area contributed by atoms with Gasteiger partial charge in [0.1, 0.15) is 6.04 Å². The van der Waals surface area contributed by atoms with Gasteiger partial charge in [-0.2, -0.15) is 0 Å². The van der Waals surface area contributed by atoms with E-state index in [0.29, 0.717) is 13.0 Å². The molecular formula is C17H19N3O2. The maximum Gasteiger partial charge on any atom is 0.262 e. The van der Waals surface area contributed by atoms with Gasteiger partial charge in [-0.25, -0.2) is 16.3 Å². The average Bonchev–Trinajstić information content (AvgIpc) is 3.07.